The zero-order chi connectivity index (χ0) is 15.2. The van der Waals surface area contributed by atoms with Gasteiger partial charge in [-0.15, -0.1) is 0 Å². The van der Waals surface area contributed by atoms with Crippen LogP contribution in [0.1, 0.15) is 70.1 Å². The highest BCUT2D eigenvalue weighted by atomic mass is 16.6. The molecule has 0 unspecified atom stereocenters. The molecule has 0 aromatic heterocycles. The van der Waals surface area contributed by atoms with E-state index in [-0.39, 0.29) is 13.2 Å². The highest BCUT2D eigenvalue weighted by Crippen LogP contribution is 2.21. The Labute approximate surface area is 130 Å². The first-order valence-electron chi connectivity index (χ1n) is 8.57. The molecule has 1 aromatic carbocycles. The molecule has 1 heterocycles. The fourth-order valence-corrected chi connectivity index (χ4v) is 2.92. The van der Waals surface area contributed by atoms with Crippen LogP contribution in [0.25, 0.3) is 0 Å². The Bertz CT molecular complexity index is 457. The van der Waals surface area contributed by atoms with E-state index in [0.717, 1.165) is 0 Å². The van der Waals surface area contributed by atoms with Gasteiger partial charge in [0.05, 0.1) is 6.61 Å². The Morgan fingerprint density at radius 3 is 2.29 bits per heavy atom. The number of benzene rings is 1. The van der Waals surface area contributed by atoms with Crippen LogP contribution < -0.4 is 5.46 Å². The van der Waals surface area contributed by atoms with E-state index in [1.54, 1.807) is 0 Å². The molecule has 2 nitrogen and oxygen atoms in total. The third kappa shape index (κ3) is 4.34. The molecule has 21 heavy (non-hydrogen) atoms. The van der Waals surface area contributed by atoms with E-state index in [1.165, 1.54) is 60.7 Å². The quantitative estimate of drug-likeness (QED) is 0.673. The van der Waals surface area contributed by atoms with Gasteiger partial charge in [-0.25, -0.2) is 0 Å². The first-order chi connectivity index (χ1) is 10.2. The second-order valence-electron chi connectivity index (χ2n) is 6.35. The molecule has 0 atom stereocenters. The van der Waals surface area contributed by atoms with Crippen LogP contribution in [0, 0.1) is 0 Å². The molecule has 1 aliphatic rings. The number of hydrogen-bond donors (Lipinski definition) is 0. The van der Waals surface area contributed by atoms with E-state index < -0.39 is 0 Å². The highest BCUT2D eigenvalue weighted by molar-refractivity contribution is 6.62. The van der Waals surface area contributed by atoms with Gasteiger partial charge in [0.2, 0.25) is 0 Å². The van der Waals surface area contributed by atoms with Crippen LogP contribution in [0.15, 0.2) is 12.1 Å². The summed E-state index contributed by atoms with van der Waals surface area (Å²) < 4.78 is 11.7. The van der Waals surface area contributed by atoms with Crippen molar-refractivity contribution in [3.8, 4) is 0 Å². The van der Waals surface area contributed by atoms with Gasteiger partial charge in [0.15, 0.2) is 0 Å². The number of aryl methyl sites for hydroxylation is 2. The van der Waals surface area contributed by atoms with E-state index in [0.29, 0.717) is 6.61 Å². The maximum atomic E-state index is 5.90. The molecule has 0 amide bonds. The Kier molecular flexibility index (Phi) is 6.31. The van der Waals surface area contributed by atoms with Crippen molar-refractivity contribution < 1.29 is 9.31 Å². The molecule has 116 valence electrons. The van der Waals surface area contributed by atoms with Gasteiger partial charge >= 0.3 is 7.12 Å². The van der Waals surface area contributed by atoms with Gasteiger partial charge in [0.1, 0.15) is 0 Å². The summed E-state index contributed by atoms with van der Waals surface area (Å²) >= 11 is 0. The molecule has 0 saturated heterocycles. The third-order valence-electron chi connectivity index (χ3n) is 4.10. The topological polar surface area (TPSA) is 18.5 Å². The maximum absolute atomic E-state index is 5.90. The zero-order valence-electron chi connectivity index (χ0n) is 14.1. The summed E-state index contributed by atoms with van der Waals surface area (Å²) in [6, 6.07) is 4.73. The van der Waals surface area contributed by atoms with Crippen LogP contribution in [-0.2, 0) is 28.8 Å². The minimum atomic E-state index is -0.166. The molecule has 1 aliphatic heterocycles. The number of unbranched alkanes of at least 4 members (excludes halogenated alkanes) is 2. The van der Waals surface area contributed by atoms with Gasteiger partial charge in [-0.3, -0.25) is 0 Å². The Hall–Kier alpha value is -0.795. The maximum Gasteiger partial charge on any atom is 0.494 e. The van der Waals surface area contributed by atoms with Crippen molar-refractivity contribution in [2.45, 2.75) is 78.9 Å². The Morgan fingerprint density at radius 2 is 1.71 bits per heavy atom. The molecular formula is C18H29BO2. The summed E-state index contributed by atoms with van der Waals surface area (Å²) in [5, 5.41) is 0. The molecule has 0 radical (unpaired) electrons. The summed E-state index contributed by atoms with van der Waals surface area (Å²) in [4.78, 5) is 0. The fraction of sp³-hybridized carbons (Fsp3) is 0.667. The van der Waals surface area contributed by atoms with Crippen molar-refractivity contribution in [3.63, 3.8) is 0 Å². The molecule has 3 heteroatoms. The van der Waals surface area contributed by atoms with Crippen LogP contribution in [0.2, 0.25) is 0 Å². The summed E-state index contributed by atoms with van der Waals surface area (Å²) in [7, 11) is -0.166. The Balaban J connectivity index is 2.24. The first-order valence-corrected chi connectivity index (χ1v) is 8.57. The van der Waals surface area contributed by atoms with E-state index >= 15 is 0 Å². The predicted molar refractivity (Wildman–Crippen MR) is 90.1 cm³/mol. The minimum Gasteiger partial charge on any atom is -0.405 e. The van der Waals surface area contributed by atoms with Gasteiger partial charge in [0.25, 0.3) is 0 Å². The van der Waals surface area contributed by atoms with E-state index in [9.17, 15) is 0 Å². The summed E-state index contributed by atoms with van der Waals surface area (Å²) in [5.41, 5.74) is 5.62. The van der Waals surface area contributed by atoms with Crippen molar-refractivity contribution >= 4 is 12.6 Å². The molecule has 0 fully saturated rings. The van der Waals surface area contributed by atoms with Crippen molar-refractivity contribution in [3.05, 3.63) is 28.8 Å². The number of fused-ring (bicyclic) bond motifs is 1. The molecule has 0 N–H and O–H groups in total. The second-order valence-corrected chi connectivity index (χ2v) is 6.35. The molecule has 0 saturated carbocycles. The van der Waals surface area contributed by atoms with Crippen LogP contribution in [0.3, 0.4) is 0 Å². The first kappa shape index (κ1) is 16.6. The third-order valence-corrected chi connectivity index (χ3v) is 4.10. The molecular weight excluding hydrogens is 259 g/mol. The number of rotatable bonds is 8. The number of hydrogen-bond acceptors (Lipinski definition) is 2. The summed E-state index contributed by atoms with van der Waals surface area (Å²) in [6.07, 6.45) is 7.58. The van der Waals surface area contributed by atoms with Crippen LogP contribution in [-0.4, -0.2) is 13.2 Å². The molecule has 1 aromatic rings. The standard InChI is InChI=1S/C18H29BO2/c1-5-7-9-15-11-17-13-20-19(21-14(3)4)18(17)12-16(15)10-8-6-2/h11-12,14H,5-10,13H2,1-4H3. The Morgan fingerprint density at radius 1 is 1.10 bits per heavy atom. The van der Waals surface area contributed by atoms with Gasteiger partial charge in [-0.05, 0) is 61.7 Å². The van der Waals surface area contributed by atoms with E-state index in [2.05, 4.69) is 39.8 Å². The van der Waals surface area contributed by atoms with Crippen molar-refractivity contribution in [1.29, 1.82) is 0 Å². The molecule has 0 bridgehead atoms. The normalized spacial score (nSPS) is 14.0. The van der Waals surface area contributed by atoms with Crippen LogP contribution in [0.4, 0.5) is 0 Å². The average Bonchev–Trinajstić information content (AvgIpc) is 2.83. The van der Waals surface area contributed by atoms with Crippen molar-refractivity contribution in [2.24, 2.45) is 0 Å². The molecule has 0 spiro atoms. The molecule has 0 aliphatic carbocycles. The minimum absolute atomic E-state index is 0.166. The lowest BCUT2D eigenvalue weighted by atomic mass is 9.76. The second kappa shape index (κ2) is 8.00. The monoisotopic (exact) mass is 288 g/mol. The van der Waals surface area contributed by atoms with Crippen LogP contribution in [0.5, 0.6) is 0 Å². The van der Waals surface area contributed by atoms with E-state index in [4.69, 9.17) is 9.31 Å². The molecule has 2 rings (SSSR count). The average molecular weight is 288 g/mol. The lowest BCUT2D eigenvalue weighted by molar-refractivity contribution is 0.170. The SMILES string of the molecule is CCCCc1cc2c(cc1CCCC)B(OC(C)C)OC2. The predicted octanol–water partition coefficient (Wildman–Crippen LogP) is 4.02. The lowest BCUT2D eigenvalue weighted by Crippen LogP contribution is -2.35. The van der Waals surface area contributed by atoms with Crippen molar-refractivity contribution in [1.82, 2.24) is 0 Å². The summed E-state index contributed by atoms with van der Waals surface area (Å²) in [5.74, 6) is 0. The highest BCUT2D eigenvalue weighted by Gasteiger charge is 2.32. The van der Waals surface area contributed by atoms with Gasteiger partial charge in [-0.1, -0.05) is 38.8 Å². The van der Waals surface area contributed by atoms with Crippen LogP contribution >= 0.6 is 0 Å². The van der Waals surface area contributed by atoms with Gasteiger partial charge < -0.3 is 9.31 Å². The van der Waals surface area contributed by atoms with Gasteiger partial charge in [-0.2, -0.15) is 0 Å². The fourth-order valence-electron chi connectivity index (χ4n) is 2.92. The largest absolute Gasteiger partial charge is 0.494 e. The van der Waals surface area contributed by atoms with Gasteiger partial charge in [0, 0.05) is 6.10 Å². The zero-order valence-corrected chi connectivity index (χ0v) is 14.1. The smallest absolute Gasteiger partial charge is 0.405 e. The summed E-state index contributed by atoms with van der Waals surface area (Å²) in [6.45, 7) is 9.34. The van der Waals surface area contributed by atoms with E-state index in [1.807, 2.05) is 0 Å². The lowest BCUT2D eigenvalue weighted by Gasteiger charge is -2.15. The van der Waals surface area contributed by atoms with Crippen molar-refractivity contribution in [2.75, 3.05) is 0 Å².